The third-order valence-electron chi connectivity index (χ3n) is 6.57. The van der Waals surface area contributed by atoms with Gasteiger partial charge in [0.15, 0.2) is 0 Å². The van der Waals surface area contributed by atoms with E-state index in [2.05, 4.69) is 18.7 Å². The highest BCUT2D eigenvalue weighted by atomic mass is 15.3. The summed E-state index contributed by atoms with van der Waals surface area (Å²) in [7, 11) is 0. The Bertz CT molecular complexity index is 308. The lowest BCUT2D eigenvalue weighted by Gasteiger charge is -2.55. The van der Waals surface area contributed by atoms with Gasteiger partial charge in [-0.2, -0.15) is 0 Å². The first-order chi connectivity index (χ1) is 8.61. The van der Waals surface area contributed by atoms with Gasteiger partial charge in [-0.15, -0.1) is 0 Å². The zero-order valence-electron chi connectivity index (χ0n) is 12.3. The van der Waals surface area contributed by atoms with Crippen LogP contribution in [0.25, 0.3) is 0 Å². The fraction of sp³-hybridized carbons (Fsp3) is 1.00. The Balaban J connectivity index is 1.84. The minimum absolute atomic E-state index is 0.258. The SMILES string of the molecule is CC1(C(C)(CN)N2CCC[C@H]3CCCC[C@H]32)CC1. The number of fused-ring (bicyclic) bond motifs is 1. The van der Waals surface area contributed by atoms with Gasteiger partial charge in [0.25, 0.3) is 0 Å². The molecule has 3 fully saturated rings. The summed E-state index contributed by atoms with van der Waals surface area (Å²) in [5.41, 5.74) is 7.00. The molecule has 2 nitrogen and oxygen atoms in total. The molecule has 0 bridgehead atoms. The van der Waals surface area contributed by atoms with Crippen molar-refractivity contribution in [3.63, 3.8) is 0 Å². The first-order valence-electron chi connectivity index (χ1n) is 8.08. The van der Waals surface area contributed by atoms with Crippen LogP contribution in [0.1, 0.15) is 65.2 Å². The number of hydrogen-bond donors (Lipinski definition) is 1. The molecule has 3 aliphatic rings. The molecule has 18 heavy (non-hydrogen) atoms. The predicted octanol–water partition coefficient (Wildman–Crippen LogP) is 3.16. The molecule has 2 aliphatic carbocycles. The van der Waals surface area contributed by atoms with E-state index in [1.807, 2.05) is 0 Å². The zero-order chi connectivity index (χ0) is 12.8. The van der Waals surface area contributed by atoms with Crippen molar-refractivity contribution in [3.8, 4) is 0 Å². The first kappa shape index (κ1) is 12.9. The number of rotatable bonds is 3. The lowest BCUT2D eigenvalue weighted by molar-refractivity contribution is -0.0492. The summed E-state index contributed by atoms with van der Waals surface area (Å²) in [6, 6.07) is 0.846. The van der Waals surface area contributed by atoms with Gasteiger partial charge in [-0.25, -0.2) is 0 Å². The summed E-state index contributed by atoms with van der Waals surface area (Å²) >= 11 is 0. The van der Waals surface area contributed by atoms with Gasteiger partial charge >= 0.3 is 0 Å². The summed E-state index contributed by atoms with van der Waals surface area (Å²) in [4.78, 5) is 2.85. The van der Waals surface area contributed by atoms with E-state index in [0.29, 0.717) is 5.41 Å². The van der Waals surface area contributed by atoms with Crippen LogP contribution in [-0.2, 0) is 0 Å². The van der Waals surface area contributed by atoms with Crippen molar-refractivity contribution in [3.05, 3.63) is 0 Å². The zero-order valence-corrected chi connectivity index (χ0v) is 12.3. The first-order valence-corrected chi connectivity index (χ1v) is 8.08. The van der Waals surface area contributed by atoms with Crippen molar-refractivity contribution in [1.29, 1.82) is 0 Å². The molecule has 3 atom stereocenters. The second-order valence-electron chi connectivity index (χ2n) is 7.49. The minimum atomic E-state index is 0.258. The van der Waals surface area contributed by atoms with E-state index in [1.54, 1.807) is 0 Å². The number of nitrogens with zero attached hydrogens (tertiary/aromatic N) is 1. The average molecular weight is 250 g/mol. The van der Waals surface area contributed by atoms with Crippen molar-refractivity contribution >= 4 is 0 Å². The fourth-order valence-electron chi connectivity index (χ4n) is 4.67. The van der Waals surface area contributed by atoms with E-state index in [4.69, 9.17) is 5.73 Å². The summed E-state index contributed by atoms with van der Waals surface area (Å²) in [6.45, 7) is 7.06. The van der Waals surface area contributed by atoms with Gasteiger partial charge in [0, 0.05) is 18.1 Å². The molecular formula is C16H30N2. The van der Waals surface area contributed by atoms with Crippen LogP contribution in [0.15, 0.2) is 0 Å². The van der Waals surface area contributed by atoms with Gasteiger partial charge in [-0.1, -0.05) is 19.8 Å². The highest BCUT2D eigenvalue weighted by molar-refractivity contribution is 5.12. The summed E-state index contributed by atoms with van der Waals surface area (Å²) in [6.07, 6.45) is 11.4. The standard InChI is InChI=1S/C16H30N2/c1-15(9-10-15)16(2,12-17)18-11-5-7-13-6-3-4-8-14(13)18/h13-14H,3-12,17H2,1-2H3/t13-,14-,16?/m1/s1. The third kappa shape index (κ3) is 1.84. The maximum Gasteiger partial charge on any atom is 0.0360 e. The Morgan fingerprint density at radius 3 is 2.50 bits per heavy atom. The normalized spacial score (nSPS) is 38.8. The molecular weight excluding hydrogens is 220 g/mol. The molecule has 2 saturated carbocycles. The van der Waals surface area contributed by atoms with Crippen LogP contribution in [0, 0.1) is 11.3 Å². The summed E-state index contributed by atoms with van der Waals surface area (Å²) < 4.78 is 0. The molecule has 2 heteroatoms. The Labute approximate surface area is 112 Å². The van der Waals surface area contributed by atoms with Crippen molar-refractivity contribution in [1.82, 2.24) is 4.90 Å². The lowest BCUT2D eigenvalue weighted by atomic mass is 9.73. The molecule has 0 amide bonds. The highest BCUT2D eigenvalue weighted by Crippen LogP contribution is 2.57. The van der Waals surface area contributed by atoms with Gasteiger partial charge in [-0.05, 0) is 63.3 Å². The van der Waals surface area contributed by atoms with Crippen molar-refractivity contribution in [2.75, 3.05) is 13.1 Å². The molecule has 3 rings (SSSR count). The Morgan fingerprint density at radius 1 is 1.17 bits per heavy atom. The second kappa shape index (κ2) is 4.49. The van der Waals surface area contributed by atoms with Gasteiger partial charge in [-0.3, -0.25) is 4.90 Å². The quantitative estimate of drug-likeness (QED) is 0.833. The van der Waals surface area contributed by atoms with E-state index in [-0.39, 0.29) is 5.54 Å². The van der Waals surface area contributed by atoms with Crippen molar-refractivity contribution < 1.29 is 0 Å². The molecule has 2 N–H and O–H groups in total. The smallest absolute Gasteiger partial charge is 0.0360 e. The molecule has 0 aromatic heterocycles. The van der Waals surface area contributed by atoms with E-state index in [9.17, 15) is 0 Å². The van der Waals surface area contributed by atoms with E-state index in [1.165, 1.54) is 57.9 Å². The van der Waals surface area contributed by atoms with Crippen LogP contribution >= 0.6 is 0 Å². The monoisotopic (exact) mass is 250 g/mol. The topological polar surface area (TPSA) is 29.3 Å². The van der Waals surface area contributed by atoms with Crippen LogP contribution in [0.2, 0.25) is 0 Å². The molecule has 1 aliphatic heterocycles. The number of hydrogen-bond acceptors (Lipinski definition) is 2. The van der Waals surface area contributed by atoms with E-state index < -0.39 is 0 Å². The molecule has 0 radical (unpaired) electrons. The number of piperidine rings is 1. The van der Waals surface area contributed by atoms with Crippen LogP contribution < -0.4 is 5.73 Å². The van der Waals surface area contributed by atoms with Crippen LogP contribution in [0.5, 0.6) is 0 Å². The van der Waals surface area contributed by atoms with E-state index >= 15 is 0 Å². The van der Waals surface area contributed by atoms with Gasteiger partial charge in [0.2, 0.25) is 0 Å². The largest absolute Gasteiger partial charge is 0.329 e. The van der Waals surface area contributed by atoms with Crippen molar-refractivity contribution in [2.24, 2.45) is 17.1 Å². The maximum absolute atomic E-state index is 6.24. The molecule has 0 aromatic rings. The molecule has 0 spiro atoms. The second-order valence-corrected chi connectivity index (χ2v) is 7.49. The number of likely N-dealkylation sites (tertiary alicyclic amines) is 1. The third-order valence-corrected chi connectivity index (χ3v) is 6.57. The predicted molar refractivity (Wildman–Crippen MR) is 76.5 cm³/mol. The highest BCUT2D eigenvalue weighted by Gasteiger charge is 2.57. The number of nitrogens with two attached hydrogens (primary N) is 1. The molecule has 0 aromatic carbocycles. The molecule has 104 valence electrons. The van der Waals surface area contributed by atoms with Crippen LogP contribution in [-0.4, -0.2) is 29.6 Å². The minimum Gasteiger partial charge on any atom is -0.329 e. The van der Waals surface area contributed by atoms with Crippen molar-refractivity contribution in [2.45, 2.75) is 76.8 Å². The Kier molecular flexibility index (Phi) is 3.22. The molecule has 1 unspecified atom stereocenters. The molecule has 1 heterocycles. The fourth-order valence-corrected chi connectivity index (χ4v) is 4.67. The Morgan fingerprint density at radius 2 is 1.83 bits per heavy atom. The van der Waals surface area contributed by atoms with Crippen LogP contribution in [0.3, 0.4) is 0 Å². The van der Waals surface area contributed by atoms with Gasteiger partial charge in [0.05, 0.1) is 0 Å². The van der Waals surface area contributed by atoms with Gasteiger partial charge < -0.3 is 5.73 Å². The Hall–Kier alpha value is -0.0800. The van der Waals surface area contributed by atoms with Crippen LogP contribution in [0.4, 0.5) is 0 Å². The lowest BCUT2D eigenvalue weighted by Crippen LogP contribution is -2.64. The average Bonchev–Trinajstić information content (AvgIpc) is 3.17. The maximum atomic E-state index is 6.24. The molecule has 1 saturated heterocycles. The van der Waals surface area contributed by atoms with E-state index in [0.717, 1.165) is 18.5 Å². The summed E-state index contributed by atoms with van der Waals surface area (Å²) in [5.74, 6) is 0.973. The van der Waals surface area contributed by atoms with Gasteiger partial charge in [0.1, 0.15) is 0 Å². The summed E-state index contributed by atoms with van der Waals surface area (Å²) in [5, 5.41) is 0.